The molecule has 0 atom stereocenters. The highest BCUT2D eigenvalue weighted by Crippen LogP contribution is 2.41. The summed E-state index contributed by atoms with van der Waals surface area (Å²) in [7, 11) is 9.86. The number of nitrogens with one attached hydrogen (secondary N) is 2. The molecule has 0 aliphatic carbocycles. The van der Waals surface area contributed by atoms with Gasteiger partial charge >= 0.3 is 0 Å². The van der Waals surface area contributed by atoms with E-state index < -0.39 is 0 Å². The fourth-order valence-corrected chi connectivity index (χ4v) is 4.80. The molecule has 10 nitrogen and oxygen atoms in total. The van der Waals surface area contributed by atoms with Crippen molar-refractivity contribution in [2.75, 3.05) is 95.0 Å². The van der Waals surface area contributed by atoms with Crippen LogP contribution in [0.3, 0.4) is 0 Å². The van der Waals surface area contributed by atoms with E-state index in [-0.39, 0.29) is 0 Å². The Morgan fingerprint density at radius 3 is 1.13 bits per heavy atom. The van der Waals surface area contributed by atoms with Crippen LogP contribution >= 0.6 is 0 Å². The Morgan fingerprint density at radius 2 is 0.842 bits per heavy atom. The SMILES string of the molecule is COc1ccc(CN2CCNCC2)c(OC)c1OC.COc1ccc(CN2CCNCC2)c(OC)c1OC. The molecule has 0 aromatic heterocycles. The third kappa shape index (κ3) is 7.57. The molecule has 2 aromatic carbocycles. The second kappa shape index (κ2) is 15.5. The lowest BCUT2D eigenvalue weighted by molar-refractivity contribution is 0.228. The first kappa shape index (κ1) is 29.6. The Balaban J connectivity index is 0.000000211. The fourth-order valence-electron chi connectivity index (χ4n) is 4.80. The molecule has 2 saturated heterocycles. The number of rotatable bonds is 10. The molecule has 2 fully saturated rings. The van der Waals surface area contributed by atoms with Crippen molar-refractivity contribution in [3.8, 4) is 34.5 Å². The zero-order valence-corrected chi connectivity index (χ0v) is 23.7. The summed E-state index contributed by atoms with van der Waals surface area (Å²) in [4.78, 5) is 4.81. The van der Waals surface area contributed by atoms with E-state index in [2.05, 4.69) is 20.4 Å². The van der Waals surface area contributed by atoms with Crippen molar-refractivity contribution in [2.24, 2.45) is 0 Å². The zero-order valence-electron chi connectivity index (χ0n) is 23.7. The largest absolute Gasteiger partial charge is 0.493 e. The van der Waals surface area contributed by atoms with Crippen molar-refractivity contribution in [3.63, 3.8) is 0 Å². The highest BCUT2D eigenvalue weighted by molar-refractivity contribution is 5.56. The zero-order chi connectivity index (χ0) is 27.3. The van der Waals surface area contributed by atoms with E-state index in [9.17, 15) is 0 Å². The van der Waals surface area contributed by atoms with Gasteiger partial charge in [0.1, 0.15) is 0 Å². The summed E-state index contributed by atoms with van der Waals surface area (Å²) in [6.07, 6.45) is 0. The molecule has 2 aliphatic heterocycles. The second-order valence-electron chi connectivity index (χ2n) is 9.04. The van der Waals surface area contributed by atoms with Crippen LogP contribution in [-0.4, -0.2) is 105 Å². The standard InChI is InChI=1S/2C14H22N2O3/c2*1-17-12-5-4-11(13(18-2)14(12)19-3)10-16-8-6-15-7-9-16/h2*4-5,15H,6-10H2,1-3H3. The molecular weight excluding hydrogens is 488 g/mol. The molecule has 2 aliphatic rings. The molecular formula is C28H44N4O6. The molecule has 38 heavy (non-hydrogen) atoms. The van der Waals surface area contributed by atoms with Crippen LogP contribution in [0.4, 0.5) is 0 Å². The molecule has 4 rings (SSSR count). The van der Waals surface area contributed by atoms with Gasteiger partial charge in [0, 0.05) is 76.6 Å². The highest BCUT2D eigenvalue weighted by atomic mass is 16.5. The van der Waals surface area contributed by atoms with Crippen molar-refractivity contribution in [3.05, 3.63) is 35.4 Å². The average molecular weight is 533 g/mol. The lowest BCUT2D eigenvalue weighted by Crippen LogP contribution is -2.42. The van der Waals surface area contributed by atoms with Gasteiger partial charge in [-0.2, -0.15) is 0 Å². The highest BCUT2D eigenvalue weighted by Gasteiger charge is 2.20. The lowest BCUT2D eigenvalue weighted by atomic mass is 10.1. The maximum absolute atomic E-state index is 5.50. The van der Waals surface area contributed by atoms with Gasteiger partial charge in [0.15, 0.2) is 23.0 Å². The van der Waals surface area contributed by atoms with Crippen molar-refractivity contribution in [1.82, 2.24) is 20.4 Å². The maximum atomic E-state index is 5.50. The van der Waals surface area contributed by atoms with E-state index in [1.807, 2.05) is 24.3 Å². The van der Waals surface area contributed by atoms with Gasteiger partial charge in [-0.1, -0.05) is 12.1 Å². The summed E-state index contributed by atoms with van der Waals surface area (Å²) in [5.41, 5.74) is 2.25. The summed E-state index contributed by atoms with van der Waals surface area (Å²) in [5, 5.41) is 6.70. The summed E-state index contributed by atoms with van der Waals surface area (Å²) in [6, 6.07) is 7.95. The smallest absolute Gasteiger partial charge is 0.203 e. The Hall–Kier alpha value is -2.92. The van der Waals surface area contributed by atoms with E-state index >= 15 is 0 Å². The van der Waals surface area contributed by atoms with Crippen LogP contribution in [0, 0.1) is 0 Å². The second-order valence-corrected chi connectivity index (χ2v) is 9.04. The molecule has 2 heterocycles. The van der Waals surface area contributed by atoms with Gasteiger partial charge in [-0.05, 0) is 12.1 Å². The van der Waals surface area contributed by atoms with E-state index in [1.165, 1.54) is 0 Å². The molecule has 2 aromatic rings. The Labute approximate surface area is 227 Å². The van der Waals surface area contributed by atoms with Gasteiger partial charge in [0.25, 0.3) is 0 Å². The van der Waals surface area contributed by atoms with E-state index in [4.69, 9.17) is 28.4 Å². The lowest BCUT2D eigenvalue weighted by Gasteiger charge is -2.28. The molecule has 10 heteroatoms. The van der Waals surface area contributed by atoms with Gasteiger partial charge in [0.05, 0.1) is 42.7 Å². The Kier molecular flexibility index (Phi) is 12.1. The van der Waals surface area contributed by atoms with Gasteiger partial charge in [-0.15, -0.1) is 0 Å². The minimum atomic E-state index is 0.664. The molecule has 0 saturated carbocycles. The monoisotopic (exact) mass is 532 g/mol. The summed E-state index contributed by atoms with van der Waals surface area (Å²) < 4.78 is 32.4. The minimum Gasteiger partial charge on any atom is -0.493 e. The first-order chi connectivity index (χ1) is 18.6. The van der Waals surface area contributed by atoms with Crippen LogP contribution in [-0.2, 0) is 13.1 Å². The van der Waals surface area contributed by atoms with Crippen LogP contribution in [0.2, 0.25) is 0 Å². The molecule has 212 valence electrons. The number of methoxy groups -OCH3 is 6. The van der Waals surface area contributed by atoms with E-state index in [0.29, 0.717) is 23.0 Å². The van der Waals surface area contributed by atoms with Gasteiger partial charge < -0.3 is 39.1 Å². The minimum absolute atomic E-state index is 0.664. The van der Waals surface area contributed by atoms with Crippen LogP contribution in [0.1, 0.15) is 11.1 Å². The van der Waals surface area contributed by atoms with Crippen molar-refractivity contribution < 1.29 is 28.4 Å². The number of hydrogen-bond acceptors (Lipinski definition) is 10. The van der Waals surface area contributed by atoms with E-state index in [0.717, 1.165) is 88.1 Å². The predicted molar refractivity (Wildman–Crippen MR) is 148 cm³/mol. The topological polar surface area (TPSA) is 85.9 Å². The van der Waals surface area contributed by atoms with Crippen molar-refractivity contribution in [1.29, 1.82) is 0 Å². The first-order valence-corrected chi connectivity index (χ1v) is 13.0. The quantitative estimate of drug-likeness (QED) is 0.475. The molecule has 0 radical (unpaired) electrons. The van der Waals surface area contributed by atoms with Crippen LogP contribution in [0.15, 0.2) is 24.3 Å². The van der Waals surface area contributed by atoms with Crippen LogP contribution in [0.25, 0.3) is 0 Å². The van der Waals surface area contributed by atoms with Crippen LogP contribution < -0.4 is 39.1 Å². The summed E-state index contributed by atoms with van der Waals surface area (Å²) in [5.74, 6) is 4.25. The molecule has 0 bridgehead atoms. The van der Waals surface area contributed by atoms with Crippen molar-refractivity contribution in [2.45, 2.75) is 13.1 Å². The van der Waals surface area contributed by atoms with Gasteiger partial charge in [-0.3, -0.25) is 9.80 Å². The van der Waals surface area contributed by atoms with Crippen molar-refractivity contribution >= 4 is 0 Å². The van der Waals surface area contributed by atoms with Gasteiger partial charge in [-0.25, -0.2) is 0 Å². The third-order valence-electron chi connectivity index (χ3n) is 6.78. The average Bonchev–Trinajstić information content (AvgIpc) is 2.97. The van der Waals surface area contributed by atoms with Gasteiger partial charge in [0.2, 0.25) is 11.5 Å². The first-order valence-electron chi connectivity index (χ1n) is 13.0. The number of hydrogen-bond donors (Lipinski definition) is 2. The number of nitrogens with zero attached hydrogens (tertiary/aromatic N) is 2. The molecule has 2 N–H and O–H groups in total. The fraction of sp³-hybridized carbons (Fsp3) is 0.571. The maximum Gasteiger partial charge on any atom is 0.203 e. The van der Waals surface area contributed by atoms with Crippen LogP contribution in [0.5, 0.6) is 34.5 Å². The normalized spacial score (nSPS) is 16.2. The summed E-state index contributed by atoms with van der Waals surface area (Å²) >= 11 is 0. The number of ether oxygens (including phenoxy) is 6. The van der Waals surface area contributed by atoms with E-state index in [1.54, 1.807) is 42.7 Å². The number of piperazine rings is 2. The Morgan fingerprint density at radius 1 is 0.500 bits per heavy atom. The third-order valence-corrected chi connectivity index (χ3v) is 6.78. The molecule has 0 spiro atoms. The molecule has 0 unspecified atom stereocenters. The number of benzene rings is 2. The molecule has 0 amide bonds. The summed E-state index contributed by atoms with van der Waals surface area (Å²) in [6.45, 7) is 10.1. The predicted octanol–water partition coefficient (Wildman–Crippen LogP) is 2.24. The Bertz CT molecular complexity index is 914.